The Morgan fingerprint density at radius 1 is 1.00 bits per heavy atom. The van der Waals surface area contributed by atoms with Gasteiger partial charge in [0.15, 0.2) is 0 Å². The summed E-state index contributed by atoms with van der Waals surface area (Å²) >= 11 is 3.46. The van der Waals surface area contributed by atoms with Gasteiger partial charge in [0.1, 0.15) is 0 Å². The molecule has 0 bridgehead atoms. The van der Waals surface area contributed by atoms with E-state index >= 15 is 0 Å². The summed E-state index contributed by atoms with van der Waals surface area (Å²) in [6.45, 7) is 0. The number of hydrogen-bond donors (Lipinski definition) is 0. The lowest BCUT2D eigenvalue weighted by molar-refractivity contribution is 1.51. The summed E-state index contributed by atoms with van der Waals surface area (Å²) in [5.41, 5.74) is 2.60. The fraction of sp³-hybridized carbons (Fsp3) is 0. The van der Waals surface area contributed by atoms with Crippen molar-refractivity contribution in [2.75, 3.05) is 0 Å². The topological polar surface area (TPSA) is 23.8 Å². The van der Waals surface area contributed by atoms with Gasteiger partial charge < -0.3 is 0 Å². The number of benzene rings is 2. The lowest BCUT2D eigenvalue weighted by Crippen LogP contribution is -1.83. The first-order chi connectivity index (χ1) is 8.31. The van der Waals surface area contributed by atoms with Gasteiger partial charge in [0.25, 0.3) is 0 Å². The Balaban J connectivity index is 2.46. The first kappa shape index (κ1) is 11.6. The molecule has 0 aliphatic carbocycles. The van der Waals surface area contributed by atoms with Gasteiger partial charge in [-0.3, -0.25) is 0 Å². The van der Waals surface area contributed by atoms with Crippen LogP contribution in [0.5, 0.6) is 0 Å². The van der Waals surface area contributed by atoms with Crippen molar-refractivity contribution in [3.05, 3.63) is 70.2 Å². The summed E-state index contributed by atoms with van der Waals surface area (Å²) in [4.78, 5) is 0. The Morgan fingerprint density at radius 3 is 2.29 bits per heavy atom. The summed E-state index contributed by atoms with van der Waals surface area (Å²) in [7, 11) is 0. The van der Waals surface area contributed by atoms with Crippen LogP contribution in [-0.4, -0.2) is 0 Å². The molecule has 0 spiro atoms. The van der Waals surface area contributed by atoms with Crippen molar-refractivity contribution >= 4 is 27.6 Å². The third kappa shape index (κ3) is 2.83. The van der Waals surface area contributed by atoms with E-state index in [2.05, 4.69) is 22.0 Å². The number of halogens is 1. The molecule has 0 radical (unpaired) electrons. The maximum atomic E-state index is 9.23. The number of nitriles is 1. The minimum Gasteiger partial charge on any atom is -0.192 e. The predicted octanol–water partition coefficient (Wildman–Crippen LogP) is 4.51. The maximum Gasteiger partial charge on any atom is 0.0998 e. The highest BCUT2D eigenvalue weighted by Crippen LogP contribution is 2.25. The highest BCUT2D eigenvalue weighted by molar-refractivity contribution is 9.10. The lowest BCUT2D eigenvalue weighted by atomic mass is 10.0. The Kier molecular flexibility index (Phi) is 3.74. The van der Waals surface area contributed by atoms with Crippen LogP contribution in [0, 0.1) is 11.3 Å². The molecule has 0 saturated carbocycles. The molecule has 0 aromatic heterocycles. The fourth-order valence-corrected chi connectivity index (χ4v) is 2.06. The molecular formula is C15H10BrN. The maximum absolute atomic E-state index is 9.23. The van der Waals surface area contributed by atoms with Gasteiger partial charge in [-0.2, -0.15) is 5.26 Å². The van der Waals surface area contributed by atoms with Crippen molar-refractivity contribution in [2.45, 2.75) is 0 Å². The van der Waals surface area contributed by atoms with Crippen LogP contribution in [0.3, 0.4) is 0 Å². The smallest absolute Gasteiger partial charge is 0.0998 e. The van der Waals surface area contributed by atoms with Crippen molar-refractivity contribution in [3.8, 4) is 6.07 Å². The van der Waals surface area contributed by atoms with Gasteiger partial charge in [-0.05, 0) is 17.7 Å². The molecule has 0 aliphatic rings. The quantitative estimate of drug-likeness (QED) is 0.588. The van der Waals surface area contributed by atoms with Crippen molar-refractivity contribution in [1.82, 2.24) is 0 Å². The number of nitrogens with zero attached hydrogens (tertiary/aromatic N) is 1. The van der Waals surface area contributed by atoms with Gasteiger partial charge in [-0.1, -0.05) is 64.5 Å². The normalized spacial score (nSPS) is 10.9. The van der Waals surface area contributed by atoms with Crippen LogP contribution < -0.4 is 0 Å². The SMILES string of the molecule is N#C/C(=C\c1ccccc1)c1ccccc1Br. The minimum atomic E-state index is 0.656. The van der Waals surface area contributed by atoms with E-state index in [1.807, 2.05) is 60.7 Å². The van der Waals surface area contributed by atoms with Crippen LogP contribution in [0.15, 0.2) is 59.1 Å². The molecule has 0 heterocycles. The standard InChI is InChI=1S/C15H10BrN/c16-15-9-5-4-8-14(15)13(11-17)10-12-6-2-1-3-7-12/h1-10H/b13-10+. The summed E-state index contributed by atoms with van der Waals surface area (Å²) in [5.74, 6) is 0. The van der Waals surface area contributed by atoms with E-state index in [-0.39, 0.29) is 0 Å². The summed E-state index contributed by atoms with van der Waals surface area (Å²) in [5, 5.41) is 9.23. The first-order valence-corrected chi connectivity index (χ1v) is 6.02. The molecule has 2 aromatic rings. The van der Waals surface area contributed by atoms with E-state index in [0.717, 1.165) is 15.6 Å². The molecule has 82 valence electrons. The van der Waals surface area contributed by atoms with Gasteiger partial charge in [0.2, 0.25) is 0 Å². The number of hydrogen-bond acceptors (Lipinski definition) is 1. The van der Waals surface area contributed by atoms with Crippen molar-refractivity contribution < 1.29 is 0 Å². The molecule has 0 unspecified atom stereocenters. The van der Waals surface area contributed by atoms with Crippen LogP contribution in [0.1, 0.15) is 11.1 Å². The second-order valence-electron chi connectivity index (χ2n) is 3.56. The highest BCUT2D eigenvalue weighted by Gasteiger charge is 2.04. The summed E-state index contributed by atoms with van der Waals surface area (Å²) in [6.07, 6.45) is 1.89. The van der Waals surface area contributed by atoms with E-state index in [1.165, 1.54) is 0 Å². The number of rotatable bonds is 2. The zero-order valence-electron chi connectivity index (χ0n) is 9.10. The minimum absolute atomic E-state index is 0.656. The fourth-order valence-electron chi connectivity index (χ4n) is 1.57. The van der Waals surface area contributed by atoms with Gasteiger partial charge >= 0.3 is 0 Å². The van der Waals surface area contributed by atoms with Crippen molar-refractivity contribution in [3.63, 3.8) is 0 Å². The molecule has 0 aliphatic heterocycles. The summed E-state index contributed by atoms with van der Waals surface area (Å²) in [6, 6.07) is 19.8. The highest BCUT2D eigenvalue weighted by atomic mass is 79.9. The van der Waals surface area contributed by atoms with E-state index in [4.69, 9.17) is 0 Å². The van der Waals surface area contributed by atoms with Crippen molar-refractivity contribution in [2.24, 2.45) is 0 Å². The Bertz CT molecular complexity index is 579. The van der Waals surface area contributed by atoms with Crippen molar-refractivity contribution in [1.29, 1.82) is 5.26 Å². The molecule has 2 rings (SSSR count). The average molecular weight is 284 g/mol. The molecule has 2 heteroatoms. The van der Waals surface area contributed by atoms with Gasteiger partial charge in [0.05, 0.1) is 11.6 Å². The molecule has 0 fully saturated rings. The van der Waals surface area contributed by atoms with E-state index < -0.39 is 0 Å². The Labute approximate surface area is 109 Å². The van der Waals surface area contributed by atoms with E-state index in [9.17, 15) is 5.26 Å². The molecule has 17 heavy (non-hydrogen) atoms. The van der Waals surface area contributed by atoms with Gasteiger partial charge in [0, 0.05) is 10.0 Å². The molecule has 0 saturated heterocycles. The van der Waals surface area contributed by atoms with E-state index in [0.29, 0.717) is 5.57 Å². The van der Waals surface area contributed by atoms with Crippen LogP contribution in [0.4, 0.5) is 0 Å². The van der Waals surface area contributed by atoms with Crippen LogP contribution in [0.2, 0.25) is 0 Å². The molecule has 2 aromatic carbocycles. The van der Waals surface area contributed by atoms with Crippen LogP contribution in [-0.2, 0) is 0 Å². The third-order valence-electron chi connectivity index (χ3n) is 2.40. The Morgan fingerprint density at radius 2 is 1.65 bits per heavy atom. The molecule has 0 amide bonds. The monoisotopic (exact) mass is 283 g/mol. The number of allylic oxidation sites excluding steroid dienone is 1. The second kappa shape index (κ2) is 5.47. The Hall–Kier alpha value is -1.85. The largest absolute Gasteiger partial charge is 0.192 e. The average Bonchev–Trinajstić information content (AvgIpc) is 2.38. The molecule has 1 nitrogen and oxygen atoms in total. The van der Waals surface area contributed by atoms with E-state index in [1.54, 1.807) is 0 Å². The van der Waals surface area contributed by atoms with Gasteiger partial charge in [-0.15, -0.1) is 0 Å². The van der Waals surface area contributed by atoms with Crippen LogP contribution in [0.25, 0.3) is 11.6 Å². The second-order valence-corrected chi connectivity index (χ2v) is 4.41. The zero-order valence-corrected chi connectivity index (χ0v) is 10.7. The molecule has 0 N–H and O–H groups in total. The lowest BCUT2D eigenvalue weighted by Gasteiger charge is -2.02. The molecular weight excluding hydrogens is 274 g/mol. The first-order valence-electron chi connectivity index (χ1n) is 5.23. The predicted molar refractivity (Wildman–Crippen MR) is 74.1 cm³/mol. The molecule has 0 atom stereocenters. The van der Waals surface area contributed by atoms with Gasteiger partial charge in [-0.25, -0.2) is 0 Å². The third-order valence-corrected chi connectivity index (χ3v) is 3.09. The van der Waals surface area contributed by atoms with Crippen LogP contribution >= 0.6 is 15.9 Å². The zero-order chi connectivity index (χ0) is 12.1. The summed E-state index contributed by atoms with van der Waals surface area (Å²) < 4.78 is 0.934.